The first-order valence-electron chi connectivity index (χ1n) is 8.22. The molecule has 138 valence electrons. The molecule has 0 radical (unpaired) electrons. The monoisotopic (exact) mass is 376 g/mol. The molecule has 0 saturated heterocycles. The van der Waals surface area contributed by atoms with Crippen LogP contribution in [-0.4, -0.2) is 31.6 Å². The van der Waals surface area contributed by atoms with Gasteiger partial charge in [0, 0.05) is 17.2 Å². The Morgan fingerprint density at radius 1 is 0.962 bits per heavy atom. The number of hydrogen-bond acceptors (Lipinski definition) is 4. The van der Waals surface area contributed by atoms with Crippen LogP contribution in [0.25, 0.3) is 0 Å². The largest absolute Gasteiger partial charge is 0.491 e. The van der Waals surface area contributed by atoms with Gasteiger partial charge in [-0.05, 0) is 48.9 Å². The smallest absolute Gasteiger partial charge is 0.269 e. The molecule has 0 unspecified atom stereocenters. The Balaban J connectivity index is 1.76. The molecule has 0 atom stereocenters. The van der Waals surface area contributed by atoms with Crippen LogP contribution >= 0.6 is 11.6 Å². The van der Waals surface area contributed by atoms with E-state index < -0.39 is 5.91 Å². The molecule has 0 aliphatic carbocycles. The first-order chi connectivity index (χ1) is 12.6. The van der Waals surface area contributed by atoms with Crippen molar-refractivity contribution in [1.29, 1.82) is 0 Å². The van der Waals surface area contributed by atoms with Crippen molar-refractivity contribution in [2.75, 3.05) is 19.8 Å². The van der Waals surface area contributed by atoms with Crippen molar-refractivity contribution < 1.29 is 19.1 Å². The molecular weight excluding hydrogens is 356 g/mol. The summed E-state index contributed by atoms with van der Waals surface area (Å²) in [7, 11) is 0. The second-order valence-corrected chi connectivity index (χ2v) is 5.81. The second-order valence-electron chi connectivity index (χ2n) is 5.38. The lowest BCUT2D eigenvalue weighted by molar-refractivity contribution is -0.121. The standard InChI is InChI=1S/C19H21ClN2O4/c1-2-25-11-12-26-17-9-5-15(6-10-17)19(24)22-21-18(23)13-14-3-7-16(20)8-4-14/h3-10H,2,11-13H2,1H3,(H,21,23)(H,22,24). The minimum Gasteiger partial charge on any atom is -0.491 e. The Hall–Kier alpha value is -2.57. The van der Waals surface area contributed by atoms with E-state index in [0.717, 1.165) is 5.56 Å². The molecule has 0 saturated carbocycles. The van der Waals surface area contributed by atoms with Gasteiger partial charge in [0.2, 0.25) is 5.91 Å². The third-order valence-corrected chi connectivity index (χ3v) is 3.66. The zero-order chi connectivity index (χ0) is 18.8. The van der Waals surface area contributed by atoms with Gasteiger partial charge in [-0.15, -0.1) is 0 Å². The van der Waals surface area contributed by atoms with Gasteiger partial charge in [0.25, 0.3) is 5.91 Å². The number of ether oxygens (including phenoxy) is 2. The van der Waals surface area contributed by atoms with E-state index in [-0.39, 0.29) is 12.3 Å². The fourth-order valence-corrected chi connectivity index (χ4v) is 2.22. The Morgan fingerprint density at radius 3 is 2.31 bits per heavy atom. The van der Waals surface area contributed by atoms with E-state index in [1.54, 1.807) is 48.5 Å². The summed E-state index contributed by atoms with van der Waals surface area (Å²) >= 11 is 5.80. The highest BCUT2D eigenvalue weighted by Gasteiger charge is 2.08. The molecule has 2 N–H and O–H groups in total. The Labute approximate surface area is 157 Å². The summed E-state index contributed by atoms with van der Waals surface area (Å²) in [4.78, 5) is 23.9. The third-order valence-electron chi connectivity index (χ3n) is 3.41. The Bertz CT molecular complexity index is 717. The molecule has 0 aliphatic rings. The molecule has 2 aromatic carbocycles. The quantitative estimate of drug-likeness (QED) is 0.548. The Morgan fingerprint density at radius 2 is 1.65 bits per heavy atom. The maximum atomic E-state index is 12.1. The summed E-state index contributed by atoms with van der Waals surface area (Å²) in [6.07, 6.45) is 0.143. The van der Waals surface area contributed by atoms with E-state index in [0.29, 0.717) is 36.2 Å². The van der Waals surface area contributed by atoms with Gasteiger partial charge in [0.15, 0.2) is 0 Å². The molecule has 0 heterocycles. The highest BCUT2D eigenvalue weighted by molar-refractivity contribution is 6.30. The number of carbonyl (C=O) groups is 2. The Kier molecular flexibility index (Phi) is 7.92. The molecule has 0 bridgehead atoms. The minimum atomic E-state index is -0.407. The number of halogens is 1. The number of carbonyl (C=O) groups excluding carboxylic acids is 2. The summed E-state index contributed by atoms with van der Waals surface area (Å²) in [6.45, 7) is 3.52. The number of rotatable bonds is 8. The fourth-order valence-electron chi connectivity index (χ4n) is 2.10. The van der Waals surface area contributed by atoms with Crippen molar-refractivity contribution in [3.8, 4) is 5.75 Å². The highest BCUT2D eigenvalue weighted by Crippen LogP contribution is 2.12. The van der Waals surface area contributed by atoms with Crippen LogP contribution < -0.4 is 15.6 Å². The van der Waals surface area contributed by atoms with Gasteiger partial charge in [0.05, 0.1) is 13.0 Å². The molecule has 2 aromatic rings. The lowest BCUT2D eigenvalue weighted by Gasteiger charge is -2.09. The van der Waals surface area contributed by atoms with Gasteiger partial charge in [0.1, 0.15) is 12.4 Å². The molecule has 0 aliphatic heterocycles. The van der Waals surface area contributed by atoms with Crippen molar-refractivity contribution in [2.24, 2.45) is 0 Å². The summed E-state index contributed by atoms with van der Waals surface area (Å²) in [5.74, 6) is -0.0834. The van der Waals surface area contributed by atoms with Gasteiger partial charge in [-0.2, -0.15) is 0 Å². The number of amides is 2. The number of hydrogen-bond donors (Lipinski definition) is 2. The molecule has 0 spiro atoms. The van der Waals surface area contributed by atoms with Crippen LogP contribution in [-0.2, 0) is 16.0 Å². The van der Waals surface area contributed by atoms with Gasteiger partial charge >= 0.3 is 0 Å². The van der Waals surface area contributed by atoms with Crippen LogP contribution in [0.2, 0.25) is 5.02 Å². The average Bonchev–Trinajstić information content (AvgIpc) is 2.66. The van der Waals surface area contributed by atoms with E-state index in [2.05, 4.69) is 10.9 Å². The summed E-state index contributed by atoms with van der Waals surface area (Å²) in [5.41, 5.74) is 5.98. The van der Waals surface area contributed by atoms with Gasteiger partial charge < -0.3 is 9.47 Å². The molecule has 0 fully saturated rings. The molecule has 6 nitrogen and oxygen atoms in total. The van der Waals surface area contributed by atoms with Crippen molar-refractivity contribution >= 4 is 23.4 Å². The topological polar surface area (TPSA) is 76.7 Å². The van der Waals surface area contributed by atoms with E-state index in [9.17, 15) is 9.59 Å². The number of hydrazine groups is 1. The van der Waals surface area contributed by atoms with Crippen LogP contribution in [0.3, 0.4) is 0 Å². The highest BCUT2D eigenvalue weighted by atomic mass is 35.5. The SMILES string of the molecule is CCOCCOc1ccc(C(=O)NNC(=O)Cc2ccc(Cl)cc2)cc1. The summed E-state index contributed by atoms with van der Waals surface area (Å²) in [5, 5.41) is 0.604. The number of benzene rings is 2. The van der Waals surface area contributed by atoms with Gasteiger partial charge in [-0.1, -0.05) is 23.7 Å². The summed E-state index contributed by atoms with van der Waals surface area (Å²) in [6, 6.07) is 13.6. The van der Waals surface area contributed by atoms with Crippen molar-refractivity contribution in [2.45, 2.75) is 13.3 Å². The second kappa shape index (κ2) is 10.4. The molecule has 26 heavy (non-hydrogen) atoms. The van der Waals surface area contributed by atoms with E-state index in [1.165, 1.54) is 0 Å². The molecule has 0 aromatic heterocycles. The van der Waals surface area contributed by atoms with Crippen LogP contribution in [0, 0.1) is 0 Å². The van der Waals surface area contributed by atoms with Gasteiger partial charge in [-0.25, -0.2) is 0 Å². The van der Waals surface area contributed by atoms with Crippen LogP contribution in [0.15, 0.2) is 48.5 Å². The van der Waals surface area contributed by atoms with Crippen molar-refractivity contribution in [1.82, 2.24) is 10.9 Å². The van der Waals surface area contributed by atoms with E-state index in [4.69, 9.17) is 21.1 Å². The zero-order valence-electron chi connectivity index (χ0n) is 14.5. The van der Waals surface area contributed by atoms with Crippen molar-refractivity contribution in [3.05, 3.63) is 64.7 Å². The molecule has 7 heteroatoms. The van der Waals surface area contributed by atoms with Gasteiger partial charge in [-0.3, -0.25) is 20.4 Å². The zero-order valence-corrected chi connectivity index (χ0v) is 15.2. The number of nitrogens with one attached hydrogen (secondary N) is 2. The minimum absolute atomic E-state index is 0.143. The van der Waals surface area contributed by atoms with E-state index in [1.807, 2.05) is 6.92 Å². The predicted octanol–water partition coefficient (Wildman–Crippen LogP) is 2.76. The fraction of sp³-hybridized carbons (Fsp3) is 0.263. The van der Waals surface area contributed by atoms with E-state index >= 15 is 0 Å². The average molecular weight is 377 g/mol. The summed E-state index contributed by atoms with van der Waals surface area (Å²) < 4.78 is 10.7. The first kappa shape index (κ1) is 19.8. The van der Waals surface area contributed by atoms with Crippen LogP contribution in [0.4, 0.5) is 0 Å². The third kappa shape index (κ3) is 6.74. The molecular formula is C19H21ClN2O4. The maximum absolute atomic E-state index is 12.1. The molecule has 2 rings (SSSR count). The lowest BCUT2D eigenvalue weighted by Crippen LogP contribution is -2.42. The molecule has 2 amide bonds. The first-order valence-corrected chi connectivity index (χ1v) is 8.60. The lowest BCUT2D eigenvalue weighted by atomic mass is 10.1. The maximum Gasteiger partial charge on any atom is 0.269 e. The van der Waals surface area contributed by atoms with Crippen LogP contribution in [0.1, 0.15) is 22.8 Å². The predicted molar refractivity (Wildman–Crippen MR) is 99.2 cm³/mol. The van der Waals surface area contributed by atoms with Crippen molar-refractivity contribution in [3.63, 3.8) is 0 Å². The van der Waals surface area contributed by atoms with Crippen LogP contribution in [0.5, 0.6) is 5.75 Å². The normalized spacial score (nSPS) is 10.2.